The van der Waals surface area contributed by atoms with Crippen LogP contribution in [0.25, 0.3) is 10.2 Å². The van der Waals surface area contributed by atoms with Gasteiger partial charge in [0.2, 0.25) is 6.10 Å². The summed E-state index contributed by atoms with van der Waals surface area (Å²) in [7, 11) is 0. The Labute approximate surface area is 147 Å². The van der Waals surface area contributed by atoms with Gasteiger partial charge in [-0.25, -0.2) is 4.39 Å². The maximum atomic E-state index is 14.1. The molecule has 0 aliphatic carbocycles. The quantitative estimate of drug-likeness (QED) is 0.707. The van der Waals surface area contributed by atoms with Crippen molar-refractivity contribution >= 4 is 27.5 Å². The summed E-state index contributed by atoms with van der Waals surface area (Å²) in [6.45, 7) is 2.50. The Morgan fingerprint density at radius 3 is 2.88 bits per heavy atom. The number of hydrogen-bond acceptors (Lipinski definition) is 4. The molecular formula is C18H15FN2O3S. The van der Waals surface area contributed by atoms with Crippen LogP contribution in [0, 0.1) is 5.82 Å². The summed E-state index contributed by atoms with van der Waals surface area (Å²) in [5, 5.41) is 0. The number of aryl methyl sites for hydroxylation is 1. The van der Waals surface area contributed by atoms with Crippen LogP contribution in [0.1, 0.15) is 6.92 Å². The molecule has 2 heterocycles. The van der Waals surface area contributed by atoms with Crippen LogP contribution >= 0.6 is 11.3 Å². The van der Waals surface area contributed by atoms with E-state index in [0.29, 0.717) is 28.4 Å². The Morgan fingerprint density at radius 1 is 1.28 bits per heavy atom. The van der Waals surface area contributed by atoms with Gasteiger partial charge in [0.1, 0.15) is 12.4 Å². The predicted molar refractivity (Wildman–Crippen MR) is 92.4 cm³/mol. The predicted octanol–water partition coefficient (Wildman–Crippen LogP) is 3.13. The topological polar surface area (TPSA) is 52.8 Å². The fourth-order valence-corrected chi connectivity index (χ4v) is 3.89. The number of fused-ring (bicyclic) bond motifs is 2. The number of amides is 1. The molecule has 0 fully saturated rings. The number of thiazole rings is 1. The minimum Gasteiger partial charge on any atom is -0.485 e. The summed E-state index contributed by atoms with van der Waals surface area (Å²) in [4.78, 5) is 17.2. The Kier molecular flexibility index (Phi) is 4.01. The molecule has 25 heavy (non-hydrogen) atoms. The van der Waals surface area contributed by atoms with Crippen molar-refractivity contribution in [2.45, 2.75) is 19.6 Å². The third kappa shape index (κ3) is 2.80. The first-order chi connectivity index (χ1) is 12.2. The number of halogens is 1. The second-order valence-electron chi connectivity index (χ2n) is 5.53. The molecule has 2 aromatic carbocycles. The van der Waals surface area contributed by atoms with Crippen LogP contribution in [0.5, 0.6) is 11.5 Å². The fourth-order valence-electron chi connectivity index (χ4n) is 2.77. The highest BCUT2D eigenvalue weighted by Gasteiger charge is 2.27. The lowest BCUT2D eigenvalue weighted by Gasteiger charge is -2.23. The summed E-state index contributed by atoms with van der Waals surface area (Å²) >= 11 is 1.28. The van der Waals surface area contributed by atoms with Crippen LogP contribution in [0.4, 0.5) is 4.39 Å². The first-order valence-corrected chi connectivity index (χ1v) is 8.74. The zero-order valence-electron chi connectivity index (χ0n) is 13.4. The molecule has 1 atom stereocenters. The highest BCUT2D eigenvalue weighted by molar-refractivity contribution is 7.16. The van der Waals surface area contributed by atoms with Crippen LogP contribution in [-0.2, 0) is 11.3 Å². The van der Waals surface area contributed by atoms with Crippen molar-refractivity contribution in [3.05, 3.63) is 53.1 Å². The van der Waals surface area contributed by atoms with E-state index >= 15 is 0 Å². The van der Waals surface area contributed by atoms with E-state index in [0.717, 1.165) is 4.70 Å². The van der Waals surface area contributed by atoms with E-state index < -0.39 is 12.0 Å². The van der Waals surface area contributed by atoms with Crippen molar-refractivity contribution in [3.63, 3.8) is 0 Å². The lowest BCUT2D eigenvalue weighted by atomic mass is 10.2. The van der Waals surface area contributed by atoms with Crippen molar-refractivity contribution in [1.82, 2.24) is 4.57 Å². The zero-order valence-corrected chi connectivity index (χ0v) is 14.3. The minimum atomic E-state index is -0.810. The highest BCUT2D eigenvalue weighted by Crippen LogP contribution is 2.31. The summed E-state index contributed by atoms with van der Waals surface area (Å²) in [5.41, 5.74) is 0.465. The monoisotopic (exact) mass is 358 g/mol. The number of aromatic nitrogens is 1. The lowest BCUT2D eigenvalue weighted by Crippen LogP contribution is -2.36. The first kappa shape index (κ1) is 15.8. The maximum Gasteiger partial charge on any atom is 0.292 e. The molecule has 0 unspecified atom stereocenters. The van der Waals surface area contributed by atoms with E-state index in [9.17, 15) is 9.18 Å². The highest BCUT2D eigenvalue weighted by atomic mass is 32.1. The van der Waals surface area contributed by atoms with E-state index in [-0.39, 0.29) is 12.4 Å². The van der Waals surface area contributed by atoms with E-state index in [4.69, 9.17) is 9.47 Å². The van der Waals surface area contributed by atoms with Crippen LogP contribution in [0.15, 0.2) is 47.5 Å². The van der Waals surface area contributed by atoms with E-state index in [1.165, 1.54) is 17.4 Å². The van der Waals surface area contributed by atoms with Crippen LogP contribution in [0.3, 0.4) is 0 Å². The minimum absolute atomic E-state index is 0.102. The van der Waals surface area contributed by atoms with Gasteiger partial charge in [-0.15, -0.1) is 0 Å². The van der Waals surface area contributed by atoms with Crippen LogP contribution in [0.2, 0.25) is 0 Å². The van der Waals surface area contributed by atoms with Gasteiger partial charge in [0.15, 0.2) is 16.3 Å². The SMILES string of the molecule is CCn1c(=NC(=O)[C@@H]2COc3ccccc3O2)sc2cccc(F)c21. The van der Waals surface area contributed by atoms with Crippen molar-refractivity contribution in [2.75, 3.05) is 6.61 Å². The third-order valence-electron chi connectivity index (χ3n) is 3.96. The molecule has 0 radical (unpaired) electrons. The van der Waals surface area contributed by atoms with Gasteiger partial charge in [-0.2, -0.15) is 4.99 Å². The molecule has 1 aromatic heterocycles. The van der Waals surface area contributed by atoms with Gasteiger partial charge in [0.05, 0.1) is 10.2 Å². The smallest absolute Gasteiger partial charge is 0.292 e. The van der Waals surface area contributed by atoms with Crippen molar-refractivity contribution in [3.8, 4) is 11.5 Å². The summed E-state index contributed by atoms with van der Waals surface area (Å²) in [6, 6.07) is 12.0. The molecule has 0 saturated carbocycles. The van der Waals surface area contributed by atoms with E-state index in [1.54, 1.807) is 22.8 Å². The number of carbonyl (C=O) groups is 1. The number of rotatable bonds is 2. The summed E-state index contributed by atoms with van der Waals surface area (Å²) in [6.07, 6.45) is -0.810. The molecule has 4 rings (SSSR count). The maximum absolute atomic E-state index is 14.1. The molecule has 0 saturated heterocycles. The standard InChI is InChI=1S/C18H15FN2O3S/c1-2-21-16-11(19)6-5-9-15(16)25-18(21)20-17(22)14-10-23-12-7-3-4-8-13(12)24-14/h3-9,14H,2,10H2,1H3/t14-/m0/s1. The zero-order chi connectivity index (χ0) is 17.4. The molecule has 1 aliphatic rings. The largest absolute Gasteiger partial charge is 0.485 e. The van der Waals surface area contributed by atoms with E-state index in [2.05, 4.69) is 4.99 Å². The van der Waals surface area contributed by atoms with Crippen molar-refractivity contribution in [2.24, 2.45) is 4.99 Å². The van der Waals surface area contributed by atoms with Gasteiger partial charge in [0.25, 0.3) is 5.91 Å². The number of hydrogen-bond donors (Lipinski definition) is 0. The second-order valence-corrected chi connectivity index (χ2v) is 6.54. The Balaban J connectivity index is 1.71. The molecule has 0 bridgehead atoms. The average molecular weight is 358 g/mol. The number of carbonyl (C=O) groups excluding carboxylic acids is 1. The Bertz CT molecular complexity index is 1020. The van der Waals surface area contributed by atoms with Gasteiger partial charge in [-0.3, -0.25) is 4.79 Å². The molecule has 1 aliphatic heterocycles. The second kappa shape index (κ2) is 6.33. The molecule has 0 N–H and O–H groups in total. The third-order valence-corrected chi connectivity index (χ3v) is 5.00. The average Bonchev–Trinajstić information content (AvgIpc) is 2.99. The molecule has 0 spiro atoms. The lowest BCUT2D eigenvalue weighted by molar-refractivity contribution is -0.127. The van der Waals surface area contributed by atoms with Gasteiger partial charge in [-0.1, -0.05) is 29.5 Å². The first-order valence-electron chi connectivity index (χ1n) is 7.92. The van der Waals surface area contributed by atoms with Crippen LogP contribution in [-0.4, -0.2) is 23.2 Å². The normalized spacial score (nSPS) is 17.0. The molecule has 128 valence electrons. The molecule has 1 amide bonds. The number of para-hydroxylation sites is 3. The number of ether oxygens (including phenoxy) is 2. The Morgan fingerprint density at radius 2 is 2.08 bits per heavy atom. The van der Waals surface area contributed by atoms with Gasteiger partial charge in [-0.05, 0) is 31.2 Å². The van der Waals surface area contributed by atoms with E-state index in [1.807, 2.05) is 25.1 Å². The molecule has 7 heteroatoms. The number of nitrogens with zero attached hydrogens (tertiary/aromatic N) is 2. The van der Waals surface area contributed by atoms with Crippen LogP contribution < -0.4 is 14.3 Å². The van der Waals surface area contributed by atoms with Crippen molar-refractivity contribution in [1.29, 1.82) is 0 Å². The summed E-state index contributed by atoms with van der Waals surface area (Å²) in [5.74, 6) is 0.367. The fraction of sp³-hybridized carbons (Fsp3) is 0.222. The van der Waals surface area contributed by atoms with Gasteiger partial charge < -0.3 is 14.0 Å². The van der Waals surface area contributed by atoms with Crippen molar-refractivity contribution < 1.29 is 18.7 Å². The summed E-state index contributed by atoms with van der Waals surface area (Å²) < 4.78 is 27.8. The molecular weight excluding hydrogens is 343 g/mol. The van der Waals surface area contributed by atoms with Gasteiger partial charge >= 0.3 is 0 Å². The molecule has 5 nitrogen and oxygen atoms in total. The van der Waals surface area contributed by atoms with Gasteiger partial charge in [0, 0.05) is 6.54 Å². The Hall–Kier alpha value is -2.67. The number of benzene rings is 2. The molecule has 3 aromatic rings.